The molecule has 20 heavy (non-hydrogen) atoms. The summed E-state index contributed by atoms with van der Waals surface area (Å²) in [5.41, 5.74) is 3.54. The summed E-state index contributed by atoms with van der Waals surface area (Å²) < 4.78 is 11.4. The van der Waals surface area contributed by atoms with Gasteiger partial charge in [-0.2, -0.15) is 0 Å². The quantitative estimate of drug-likeness (QED) is 0.896. The van der Waals surface area contributed by atoms with E-state index < -0.39 is 0 Å². The van der Waals surface area contributed by atoms with Crippen LogP contribution in [0.5, 0.6) is 5.75 Å². The zero-order chi connectivity index (χ0) is 14.7. The molecule has 0 spiro atoms. The molecule has 0 saturated carbocycles. The van der Waals surface area contributed by atoms with E-state index in [-0.39, 0.29) is 6.04 Å². The fourth-order valence-corrected chi connectivity index (χ4v) is 2.60. The Hall–Kier alpha value is -1.74. The average Bonchev–Trinajstić information content (AvgIpc) is 2.73. The lowest BCUT2D eigenvalue weighted by Crippen LogP contribution is -2.19. The van der Waals surface area contributed by atoms with Gasteiger partial charge in [0, 0.05) is 11.1 Å². The number of hydrogen-bond donors (Lipinski definition) is 1. The highest BCUT2D eigenvalue weighted by Crippen LogP contribution is 2.33. The maximum absolute atomic E-state index is 5.77. The Morgan fingerprint density at radius 2 is 1.90 bits per heavy atom. The second kappa shape index (κ2) is 6.14. The van der Waals surface area contributed by atoms with Crippen molar-refractivity contribution in [1.82, 2.24) is 5.32 Å². The van der Waals surface area contributed by atoms with Gasteiger partial charge in [-0.1, -0.05) is 17.7 Å². The summed E-state index contributed by atoms with van der Waals surface area (Å²) in [6, 6.07) is 8.46. The highest BCUT2D eigenvalue weighted by atomic mass is 16.5. The summed E-state index contributed by atoms with van der Waals surface area (Å²) in [5, 5.41) is 3.37. The van der Waals surface area contributed by atoms with Crippen LogP contribution in [0.25, 0.3) is 0 Å². The van der Waals surface area contributed by atoms with E-state index >= 15 is 0 Å². The van der Waals surface area contributed by atoms with Crippen molar-refractivity contribution in [2.45, 2.75) is 33.7 Å². The number of ether oxygens (including phenoxy) is 1. The van der Waals surface area contributed by atoms with Crippen molar-refractivity contribution in [3.8, 4) is 5.75 Å². The molecule has 1 heterocycles. The number of furan rings is 1. The Morgan fingerprint density at radius 3 is 2.45 bits per heavy atom. The third kappa shape index (κ3) is 2.88. The summed E-state index contributed by atoms with van der Waals surface area (Å²) in [6.07, 6.45) is 0. The van der Waals surface area contributed by atoms with Crippen LogP contribution >= 0.6 is 0 Å². The summed E-state index contributed by atoms with van der Waals surface area (Å²) in [6.45, 7) is 8.74. The molecule has 0 radical (unpaired) electrons. The van der Waals surface area contributed by atoms with Crippen molar-refractivity contribution < 1.29 is 9.15 Å². The first-order valence-corrected chi connectivity index (χ1v) is 7.04. The number of nitrogens with one attached hydrogen (secondary N) is 1. The minimum absolute atomic E-state index is 0.0777. The first-order chi connectivity index (χ1) is 9.56. The Bertz CT molecular complexity index is 587. The molecule has 1 atom stereocenters. The fraction of sp³-hybridized carbons (Fsp3) is 0.412. The van der Waals surface area contributed by atoms with Gasteiger partial charge in [-0.25, -0.2) is 0 Å². The Labute approximate surface area is 121 Å². The molecule has 1 N–H and O–H groups in total. The van der Waals surface area contributed by atoms with Crippen molar-refractivity contribution in [1.29, 1.82) is 0 Å². The van der Waals surface area contributed by atoms with Gasteiger partial charge < -0.3 is 14.5 Å². The SMILES string of the molecule is CCOc1ccc(C)cc1C(NC)c1cc(C)oc1C. The molecule has 1 aromatic carbocycles. The van der Waals surface area contributed by atoms with Crippen LogP contribution in [-0.4, -0.2) is 13.7 Å². The van der Waals surface area contributed by atoms with E-state index in [0.717, 1.165) is 28.4 Å². The van der Waals surface area contributed by atoms with Crippen LogP contribution in [0.1, 0.15) is 41.2 Å². The van der Waals surface area contributed by atoms with Gasteiger partial charge in [-0.15, -0.1) is 0 Å². The van der Waals surface area contributed by atoms with E-state index in [4.69, 9.17) is 9.15 Å². The smallest absolute Gasteiger partial charge is 0.124 e. The maximum Gasteiger partial charge on any atom is 0.124 e. The molecular formula is C17H23NO2. The predicted molar refractivity (Wildman–Crippen MR) is 81.4 cm³/mol. The normalized spacial score (nSPS) is 12.4. The first kappa shape index (κ1) is 14.7. The number of rotatable bonds is 5. The summed E-state index contributed by atoms with van der Waals surface area (Å²) in [4.78, 5) is 0. The molecule has 0 bridgehead atoms. The van der Waals surface area contributed by atoms with E-state index in [9.17, 15) is 0 Å². The van der Waals surface area contributed by atoms with Crippen LogP contribution in [-0.2, 0) is 0 Å². The van der Waals surface area contributed by atoms with Crippen molar-refractivity contribution in [2.24, 2.45) is 0 Å². The number of hydrogen-bond acceptors (Lipinski definition) is 3. The largest absolute Gasteiger partial charge is 0.494 e. The van der Waals surface area contributed by atoms with Crippen molar-refractivity contribution in [2.75, 3.05) is 13.7 Å². The zero-order valence-corrected chi connectivity index (χ0v) is 12.9. The lowest BCUT2D eigenvalue weighted by Gasteiger charge is -2.20. The maximum atomic E-state index is 5.77. The molecule has 3 nitrogen and oxygen atoms in total. The van der Waals surface area contributed by atoms with Gasteiger partial charge >= 0.3 is 0 Å². The molecule has 3 heteroatoms. The van der Waals surface area contributed by atoms with Gasteiger partial charge in [0.2, 0.25) is 0 Å². The van der Waals surface area contributed by atoms with Gasteiger partial charge in [0.15, 0.2) is 0 Å². The third-order valence-electron chi connectivity index (χ3n) is 3.46. The summed E-state index contributed by atoms with van der Waals surface area (Å²) >= 11 is 0. The molecular weight excluding hydrogens is 250 g/mol. The van der Waals surface area contributed by atoms with E-state index in [1.807, 2.05) is 33.9 Å². The highest BCUT2D eigenvalue weighted by Gasteiger charge is 2.21. The van der Waals surface area contributed by atoms with Crippen LogP contribution in [0, 0.1) is 20.8 Å². The molecule has 108 valence electrons. The molecule has 1 aromatic heterocycles. The van der Waals surface area contributed by atoms with Crippen LogP contribution in [0.4, 0.5) is 0 Å². The van der Waals surface area contributed by atoms with Crippen LogP contribution in [0.3, 0.4) is 0 Å². The molecule has 0 saturated heterocycles. The monoisotopic (exact) mass is 273 g/mol. The number of aryl methyl sites for hydroxylation is 3. The topological polar surface area (TPSA) is 34.4 Å². The van der Waals surface area contributed by atoms with E-state index in [2.05, 4.69) is 30.4 Å². The second-order valence-electron chi connectivity index (χ2n) is 5.06. The summed E-state index contributed by atoms with van der Waals surface area (Å²) in [5.74, 6) is 2.81. The Kier molecular flexibility index (Phi) is 4.50. The first-order valence-electron chi connectivity index (χ1n) is 7.04. The van der Waals surface area contributed by atoms with Crippen molar-refractivity contribution in [3.05, 3.63) is 52.5 Å². The van der Waals surface area contributed by atoms with Gasteiger partial charge in [0.1, 0.15) is 17.3 Å². The lowest BCUT2D eigenvalue weighted by atomic mass is 9.96. The lowest BCUT2D eigenvalue weighted by molar-refractivity contribution is 0.334. The molecule has 0 fully saturated rings. The summed E-state index contributed by atoms with van der Waals surface area (Å²) in [7, 11) is 1.96. The minimum atomic E-state index is 0.0777. The minimum Gasteiger partial charge on any atom is -0.494 e. The van der Waals surface area contributed by atoms with E-state index in [1.165, 1.54) is 5.56 Å². The average molecular weight is 273 g/mol. The molecule has 2 aromatic rings. The molecule has 1 unspecified atom stereocenters. The third-order valence-corrected chi connectivity index (χ3v) is 3.46. The van der Waals surface area contributed by atoms with Crippen LogP contribution in [0.2, 0.25) is 0 Å². The standard InChI is InChI=1S/C17H23NO2/c1-6-19-16-8-7-11(2)9-15(16)17(18-5)14-10-12(3)20-13(14)4/h7-10,17-18H,6H2,1-5H3. The van der Waals surface area contributed by atoms with Gasteiger partial charge in [0.25, 0.3) is 0 Å². The molecule has 0 amide bonds. The Morgan fingerprint density at radius 1 is 1.15 bits per heavy atom. The fourth-order valence-electron chi connectivity index (χ4n) is 2.60. The van der Waals surface area contributed by atoms with Crippen molar-refractivity contribution in [3.63, 3.8) is 0 Å². The second-order valence-corrected chi connectivity index (χ2v) is 5.06. The highest BCUT2D eigenvalue weighted by molar-refractivity contribution is 5.44. The van der Waals surface area contributed by atoms with Gasteiger partial charge in [-0.3, -0.25) is 0 Å². The van der Waals surface area contributed by atoms with E-state index in [1.54, 1.807) is 0 Å². The van der Waals surface area contributed by atoms with E-state index in [0.29, 0.717) is 6.61 Å². The van der Waals surface area contributed by atoms with Gasteiger partial charge in [-0.05, 0) is 46.9 Å². The Balaban J connectivity index is 2.51. The van der Waals surface area contributed by atoms with Crippen molar-refractivity contribution >= 4 is 0 Å². The molecule has 2 rings (SSSR count). The number of benzene rings is 1. The zero-order valence-electron chi connectivity index (χ0n) is 12.9. The molecule has 0 aliphatic carbocycles. The van der Waals surface area contributed by atoms with Gasteiger partial charge in [0.05, 0.1) is 12.6 Å². The predicted octanol–water partition coefficient (Wildman–Crippen LogP) is 3.91. The molecule has 0 aliphatic heterocycles. The van der Waals surface area contributed by atoms with Crippen LogP contribution in [0.15, 0.2) is 28.7 Å². The molecule has 0 aliphatic rings. The van der Waals surface area contributed by atoms with Crippen LogP contribution < -0.4 is 10.1 Å².